The fraction of sp³-hybridized carbons (Fsp3) is 0. The van der Waals surface area contributed by atoms with E-state index in [0.29, 0.717) is 10.6 Å². The number of halogens is 3. The molecule has 0 aliphatic rings. The van der Waals surface area contributed by atoms with E-state index in [1.54, 1.807) is 18.2 Å². The molecular weight excluding hydrogens is 461 g/mol. The molecule has 0 radical (unpaired) electrons. The first-order valence-electron chi connectivity index (χ1n) is 9.91. The van der Waals surface area contributed by atoms with E-state index >= 15 is 0 Å². The van der Waals surface area contributed by atoms with Gasteiger partial charge in [-0.15, -0.1) is 0 Å². The Kier molecular flexibility index (Phi) is 6.96. The second-order valence-electron chi connectivity index (χ2n) is 7.02. The van der Waals surface area contributed by atoms with Gasteiger partial charge in [0.2, 0.25) is 0 Å². The first-order valence-corrected chi connectivity index (χ1v) is 11.0. The fourth-order valence-electron chi connectivity index (χ4n) is 3.31. The maximum atomic E-state index is 12.6. The van der Waals surface area contributed by atoms with Crippen LogP contribution in [0, 0.1) is 0 Å². The van der Waals surface area contributed by atoms with Gasteiger partial charge in [-0.05, 0) is 60.2 Å². The lowest BCUT2D eigenvalue weighted by Gasteiger charge is -2.25. The Bertz CT molecular complexity index is 1210. The fourth-order valence-corrected chi connectivity index (χ4v) is 3.94. The van der Waals surface area contributed by atoms with Crippen LogP contribution in [0.5, 0.6) is 0 Å². The van der Waals surface area contributed by atoms with Crippen molar-refractivity contribution in [1.82, 2.24) is 0 Å². The van der Waals surface area contributed by atoms with Crippen LogP contribution < -0.4 is 4.90 Å². The Labute approximate surface area is 202 Å². The van der Waals surface area contributed by atoms with Crippen LogP contribution in [0.15, 0.2) is 103 Å². The summed E-state index contributed by atoms with van der Waals surface area (Å²) in [4.78, 5) is 14.7. The highest BCUT2D eigenvalue weighted by atomic mass is 35.5. The van der Waals surface area contributed by atoms with Gasteiger partial charge in [0.15, 0.2) is 5.78 Å². The first kappa shape index (κ1) is 22.2. The van der Waals surface area contributed by atoms with Gasteiger partial charge in [0.05, 0.1) is 15.1 Å². The lowest BCUT2D eigenvalue weighted by Crippen LogP contribution is -2.09. The average Bonchev–Trinajstić information content (AvgIpc) is 2.83. The minimum atomic E-state index is -0.243. The summed E-state index contributed by atoms with van der Waals surface area (Å²) >= 11 is 18.2. The number of anilines is 3. The summed E-state index contributed by atoms with van der Waals surface area (Å²) in [5, 5.41) is 0.651. The van der Waals surface area contributed by atoms with Gasteiger partial charge in [0.25, 0.3) is 0 Å². The molecule has 4 rings (SSSR count). The Balaban J connectivity index is 1.59. The van der Waals surface area contributed by atoms with Gasteiger partial charge in [-0.25, -0.2) is 0 Å². The van der Waals surface area contributed by atoms with Crippen LogP contribution in [-0.2, 0) is 0 Å². The zero-order valence-electron chi connectivity index (χ0n) is 16.9. The van der Waals surface area contributed by atoms with E-state index in [2.05, 4.69) is 29.2 Å². The summed E-state index contributed by atoms with van der Waals surface area (Å²) in [5.74, 6) is -0.243. The molecule has 0 amide bonds. The summed E-state index contributed by atoms with van der Waals surface area (Å²) in [7, 11) is 0. The number of hydrogen-bond donors (Lipinski definition) is 0. The first-order chi connectivity index (χ1) is 15.5. The third-order valence-corrected chi connectivity index (χ3v) is 6.20. The molecule has 0 aliphatic heterocycles. The molecule has 0 atom stereocenters. The van der Waals surface area contributed by atoms with Gasteiger partial charge in [0, 0.05) is 22.6 Å². The third kappa shape index (κ3) is 4.89. The highest BCUT2D eigenvalue weighted by Gasteiger charge is 2.14. The largest absolute Gasteiger partial charge is 0.311 e. The number of benzene rings is 4. The standard InChI is InChI=1S/C27H18Cl3NO/c28-24-17-16-23(26(29)27(24)30)25(32)18-13-19-11-14-22(15-12-19)31(20-7-3-1-4-8-20)21-9-5-2-6-10-21/h1-18H. The highest BCUT2D eigenvalue weighted by molar-refractivity contribution is 6.49. The Morgan fingerprint density at radius 1 is 0.625 bits per heavy atom. The Morgan fingerprint density at radius 3 is 1.72 bits per heavy atom. The zero-order chi connectivity index (χ0) is 22.5. The number of nitrogens with zero attached hydrogens (tertiary/aromatic N) is 1. The van der Waals surface area contributed by atoms with Crippen LogP contribution >= 0.6 is 34.8 Å². The van der Waals surface area contributed by atoms with E-state index in [4.69, 9.17) is 34.8 Å². The number of carbonyl (C=O) groups excluding carboxylic acids is 1. The van der Waals surface area contributed by atoms with Crippen molar-refractivity contribution in [3.63, 3.8) is 0 Å². The van der Waals surface area contributed by atoms with Gasteiger partial charge in [-0.3, -0.25) is 4.79 Å². The molecule has 2 nitrogen and oxygen atoms in total. The van der Waals surface area contributed by atoms with E-state index in [0.717, 1.165) is 22.6 Å². The Morgan fingerprint density at radius 2 is 1.16 bits per heavy atom. The van der Waals surface area contributed by atoms with E-state index in [1.165, 1.54) is 6.08 Å². The normalized spacial score (nSPS) is 11.0. The highest BCUT2D eigenvalue weighted by Crippen LogP contribution is 2.35. The topological polar surface area (TPSA) is 20.3 Å². The number of ketones is 1. The molecule has 0 spiro atoms. The summed E-state index contributed by atoms with van der Waals surface area (Å²) in [6.45, 7) is 0. The van der Waals surface area contributed by atoms with Gasteiger partial charge < -0.3 is 4.90 Å². The van der Waals surface area contributed by atoms with Gasteiger partial charge in [-0.2, -0.15) is 0 Å². The molecule has 0 fully saturated rings. The number of rotatable bonds is 6. The molecule has 0 heterocycles. The molecule has 32 heavy (non-hydrogen) atoms. The van der Waals surface area contributed by atoms with Crippen molar-refractivity contribution in [3.05, 3.63) is 129 Å². The van der Waals surface area contributed by atoms with Crippen LogP contribution in [0.25, 0.3) is 6.08 Å². The number of hydrogen-bond acceptors (Lipinski definition) is 2. The molecular formula is C27H18Cl3NO. The molecule has 0 aromatic heterocycles. The minimum Gasteiger partial charge on any atom is -0.311 e. The Hall–Kier alpha value is -3.04. The van der Waals surface area contributed by atoms with E-state index in [9.17, 15) is 4.79 Å². The summed E-state index contributed by atoms with van der Waals surface area (Å²) in [5.41, 5.74) is 4.34. The maximum absolute atomic E-state index is 12.6. The van der Waals surface area contributed by atoms with Crippen molar-refractivity contribution in [3.8, 4) is 0 Å². The quantitative estimate of drug-likeness (QED) is 0.156. The molecule has 4 aromatic carbocycles. The van der Waals surface area contributed by atoms with Crippen LogP contribution in [0.2, 0.25) is 15.1 Å². The number of para-hydroxylation sites is 2. The van der Waals surface area contributed by atoms with Crippen molar-refractivity contribution in [1.29, 1.82) is 0 Å². The van der Waals surface area contributed by atoms with E-state index in [-0.39, 0.29) is 15.8 Å². The van der Waals surface area contributed by atoms with Crippen LogP contribution in [0.1, 0.15) is 15.9 Å². The van der Waals surface area contributed by atoms with E-state index in [1.807, 2.05) is 60.7 Å². The lowest BCUT2D eigenvalue weighted by molar-refractivity contribution is 0.104. The van der Waals surface area contributed by atoms with Crippen molar-refractivity contribution in [2.75, 3.05) is 4.90 Å². The number of allylic oxidation sites excluding steroid dienone is 1. The third-order valence-electron chi connectivity index (χ3n) is 4.91. The second kappa shape index (κ2) is 10.1. The van der Waals surface area contributed by atoms with Gasteiger partial charge in [-0.1, -0.05) is 89.4 Å². The van der Waals surface area contributed by atoms with Gasteiger partial charge >= 0.3 is 0 Å². The van der Waals surface area contributed by atoms with Crippen molar-refractivity contribution < 1.29 is 4.79 Å². The molecule has 0 unspecified atom stereocenters. The summed E-state index contributed by atoms with van der Waals surface area (Å²) in [6, 6.07) is 31.5. The second-order valence-corrected chi connectivity index (χ2v) is 8.18. The smallest absolute Gasteiger partial charge is 0.187 e. The van der Waals surface area contributed by atoms with Crippen molar-refractivity contribution >= 4 is 63.7 Å². The molecule has 0 aliphatic carbocycles. The monoisotopic (exact) mass is 477 g/mol. The molecule has 0 saturated carbocycles. The average molecular weight is 479 g/mol. The molecule has 0 bridgehead atoms. The maximum Gasteiger partial charge on any atom is 0.187 e. The molecule has 4 aromatic rings. The summed E-state index contributed by atoms with van der Waals surface area (Å²) in [6.07, 6.45) is 3.23. The SMILES string of the molecule is O=C(C=Cc1ccc(N(c2ccccc2)c2ccccc2)cc1)c1ccc(Cl)c(Cl)c1Cl. The zero-order valence-corrected chi connectivity index (χ0v) is 19.1. The van der Waals surface area contributed by atoms with Crippen LogP contribution in [0.4, 0.5) is 17.1 Å². The minimum absolute atomic E-state index is 0.158. The molecule has 158 valence electrons. The molecule has 0 N–H and O–H groups in total. The summed E-state index contributed by atoms with van der Waals surface area (Å²) < 4.78 is 0. The molecule has 5 heteroatoms. The lowest BCUT2D eigenvalue weighted by atomic mass is 10.1. The van der Waals surface area contributed by atoms with Crippen molar-refractivity contribution in [2.45, 2.75) is 0 Å². The molecule has 0 saturated heterocycles. The number of carbonyl (C=O) groups is 1. The van der Waals surface area contributed by atoms with Crippen LogP contribution in [-0.4, -0.2) is 5.78 Å². The van der Waals surface area contributed by atoms with Crippen LogP contribution in [0.3, 0.4) is 0 Å². The predicted octanol–water partition coefficient (Wildman–Crippen LogP) is 9.01. The van der Waals surface area contributed by atoms with Gasteiger partial charge in [0.1, 0.15) is 0 Å². The van der Waals surface area contributed by atoms with Crippen molar-refractivity contribution in [2.24, 2.45) is 0 Å². The van der Waals surface area contributed by atoms with E-state index < -0.39 is 0 Å². The predicted molar refractivity (Wildman–Crippen MR) is 136 cm³/mol.